The molecule has 2 aromatic heterocycles. The largest absolute Gasteiger partial charge is 0.329 e. The summed E-state index contributed by atoms with van der Waals surface area (Å²) in [5, 5.41) is 14.0. The highest BCUT2D eigenvalue weighted by Gasteiger charge is 2.37. The van der Waals surface area contributed by atoms with Crippen molar-refractivity contribution in [1.82, 2.24) is 34.0 Å². The van der Waals surface area contributed by atoms with E-state index < -0.39 is 11.0 Å². The van der Waals surface area contributed by atoms with E-state index in [4.69, 9.17) is 0 Å². The average molecular weight is 544 g/mol. The molecule has 2 atom stereocenters. The van der Waals surface area contributed by atoms with Gasteiger partial charge in [0.05, 0.1) is 36.2 Å². The molecule has 0 spiro atoms. The molecule has 6 rings (SSSR count). The third-order valence-corrected chi connectivity index (χ3v) is 8.25. The Bertz CT molecular complexity index is 1680. The first-order valence-electron chi connectivity index (χ1n) is 12.5. The average Bonchev–Trinajstić information content (AvgIpc) is 3.56. The van der Waals surface area contributed by atoms with Crippen molar-refractivity contribution in [1.29, 1.82) is 0 Å². The van der Waals surface area contributed by atoms with E-state index >= 15 is 0 Å². The van der Waals surface area contributed by atoms with Crippen molar-refractivity contribution in [2.45, 2.75) is 24.5 Å². The first-order chi connectivity index (χ1) is 18.9. The molecule has 9 nitrogen and oxygen atoms in total. The number of carbonyl (C=O) groups is 1. The number of benzene rings is 3. The smallest absolute Gasteiger partial charge is 0.238 e. The molecule has 3 heterocycles. The summed E-state index contributed by atoms with van der Waals surface area (Å²) in [7, 11) is 0.0260. The van der Waals surface area contributed by atoms with Gasteiger partial charge in [0, 0.05) is 25.5 Å². The molecule has 198 valence electrons. The lowest BCUT2D eigenvalue weighted by Gasteiger charge is -2.41. The molecule has 1 aliphatic heterocycles. The number of aromatic nitrogens is 5. The molecule has 1 amide bonds. The number of piperazine rings is 1. The van der Waals surface area contributed by atoms with Gasteiger partial charge in [-0.2, -0.15) is 15.0 Å². The third-order valence-electron chi connectivity index (χ3n) is 6.96. The van der Waals surface area contributed by atoms with Crippen LogP contribution >= 0.6 is 0 Å². The molecule has 5 aromatic rings. The highest BCUT2D eigenvalue weighted by atomic mass is 32.2. The lowest BCUT2D eigenvalue weighted by molar-refractivity contribution is -0.138. The molecule has 0 aliphatic carbocycles. The Morgan fingerprint density at radius 1 is 1.03 bits per heavy atom. The van der Waals surface area contributed by atoms with E-state index in [1.165, 1.54) is 23.1 Å². The van der Waals surface area contributed by atoms with Crippen LogP contribution in [0.25, 0.3) is 16.6 Å². The molecule has 39 heavy (non-hydrogen) atoms. The summed E-state index contributed by atoms with van der Waals surface area (Å²) in [6, 6.07) is 19.8. The summed E-state index contributed by atoms with van der Waals surface area (Å²) in [4.78, 5) is 16.8. The quantitative estimate of drug-likeness (QED) is 0.326. The van der Waals surface area contributed by atoms with Gasteiger partial charge in [-0.3, -0.25) is 4.79 Å². The van der Waals surface area contributed by atoms with E-state index in [-0.39, 0.29) is 24.3 Å². The van der Waals surface area contributed by atoms with Crippen LogP contribution in [0, 0.1) is 12.7 Å². The summed E-state index contributed by atoms with van der Waals surface area (Å²) >= 11 is 0. The van der Waals surface area contributed by atoms with Crippen molar-refractivity contribution in [2.24, 2.45) is 7.05 Å². The molecule has 3 aromatic carbocycles. The number of nitrogens with zero attached hydrogens (tertiary/aromatic N) is 7. The number of aryl methyl sites for hydroxylation is 2. The van der Waals surface area contributed by atoms with Gasteiger partial charge in [-0.05, 0) is 60.0 Å². The highest BCUT2D eigenvalue weighted by Crippen LogP contribution is 2.34. The number of fused-ring (bicyclic) bond motifs is 1. The fourth-order valence-corrected chi connectivity index (χ4v) is 6.12. The normalized spacial score (nSPS) is 17.2. The van der Waals surface area contributed by atoms with Crippen molar-refractivity contribution in [2.75, 3.05) is 13.1 Å². The predicted octanol–water partition coefficient (Wildman–Crippen LogP) is 3.71. The standard InChI is InChI=1S/C28H26FN7O2S/c1-19-12-25-21(14-31-36(25)23-10-8-22(29)9-11-23)13-24(19)26-17-34(39(38)27-15-30-33(2)32-27)18-28(37)35(26)16-20-6-4-3-5-7-20/h3-15,26H,16-18H2,1-2H3. The Morgan fingerprint density at radius 2 is 1.79 bits per heavy atom. The summed E-state index contributed by atoms with van der Waals surface area (Å²) in [6.07, 6.45) is 3.23. The zero-order valence-corrected chi connectivity index (χ0v) is 22.3. The second kappa shape index (κ2) is 10.2. The Hall–Kier alpha value is -4.22. The predicted molar refractivity (Wildman–Crippen MR) is 144 cm³/mol. The van der Waals surface area contributed by atoms with E-state index in [0.29, 0.717) is 18.1 Å². The van der Waals surface area contributed by atoms with Gasteiger partial charge in [-0.15, -0.1) is 5.10 Å². The molecule has 0 saturated carbocycles. The van der Waals surface area contributed by atoms with Crippen LogP contribution in [0.1, 0.15) is 22.7 Å². The van der Waals surface area contributed by atoms with E-state index in [1.807, 2.05) is 54.3 Å². The monoisotopic (exact) mass is 543 g/mol. The molecule has 0 N–H and O–H groups in total. The van der Waals surface area contributed by atoms with Crippen LogP contribution in [0.4, 0.5) is 4.39 Å². The van der Waals surface area contributed by atoms with Crippen molar-refractivity contribution >= 4 is 27.8 Å². The zero-order valence-electron chi connectivity index (χ0n) is 21.4. The Balaban J connectivity index is 1.40. The molecule has 1 fully saturated rings. The third kappa shape index (κ3) is 4.86. The van der Waals surface area contributed by atoms with E-state index in [9.17, 15) is 13.4 Å². The van der Waals surface area contributed by atoms with E-state index in [0.717, 1.165) is 33.3 Å². The van der Waals surface area contributed by atoms with Gasteiger partial charge in [0.15, 0.2) is 16.0 Å². The van der Waals surface area contributed by atoms with Crippen LogP contribution < -0.4 is 0 Å². The van der Waals surface area contributed by atoms with Gasteiger partial charge < -0.3 is 4.90 Å². The molecule has 0 radical (unpaired) electrons. The number of hydrogen-bond acceptors (Lipinski definition) is 5. The van der Waals surface area contributed by atoms with Crippen LogP contribution in [-0.2, 0) is 29.4 Å². The minimum absolute atomic E-state index is 0.0102. The Kier molecular flexibility index (Phi) is 6.53. The summed E-state index contributed by atoms with van der Waals surface area (Å²) in [5.74, 6) is -0.425. The number of rotatable bonds is 6. The minimum Gasteiger partial charge on any atom is -0.329 e. The fraction of sp³-hybridized carbons (Fsp3) is 0.214. The van der Waals surface area contributed by atoms with Gasteiger partial charge in [-0.1, -0.05) is 30.3 Å². The van der Waals surface area contributed by atoms with Gasteiger partial charge in [0.2, 0.25) is 5.91 Å². The maximum Gasteiger partial charge on any atom is 0.238 e. The zero-order chi connectivity index (χ0) is 27.1. The van der Waals surface area contributed by atoms with Crippen molar-refractivity contribution < 1.29 is 13.4 Å². The number of hydrogen-bond donors (Lipinski definition) is 0. The van der Waals surface area contributed by atoms with Gasteiger partial charge in [-0.25, -0.2) is 17.6 Å². The highest BCUT2D eigenvalue weighted by molar-refractivity contribution is 7.82. The van der Waals surface area contributed by atoms with Gasteiger partial charge in [0.25, 0.3) is 0 Å². The van der Waals surface area contributed by atoms with Gasteiger partial charge in [0.1, 0.15) is 5.82 Å². The topological polar surface area (TPSA) is 89.1 Å². The molecule has 11 heteroatoms. The van der Waals surface area contributed by atoms with E-state index in [1.54, 1.807) is 34.4 Å². The number of halogens is 1. The Labute approximate surface area is 227 Å². The van der Waals surface area contributed by atoms with Crippen molar-refractivity contribution in [3.8, 4) is 5.69 Å². The Morgan fingerprint density at radius 3 is 2.51 bits per heavy atom. The first kappa shape index (κ1) is 25.1. The second-order valence-corrected chi connectivity index (χ2v) is 11.0. The molecule has 1 aliphatic rings. The van der Waals surface area contributed by atoms with Crippen LogP contribution in [0.15, 0.2) is 84.1 Å². The molecule has 1 saturated heterocycles. The fourth-order valence-electron chi connectivity index (χ4n) is 5.03. The SMILES string of the molecule is Cc1cc2c(cnn2-c2ccc(F)cc2)cc1C1CN(S(=O)c2cnn(C)n2)CC(=O)N1Cc1ccccc1. The van der Waals surface area contributed by atoms with Gasteiger partial charge >= 0.3 is 0 Å². The lowest BCUT2D eigenvalue weighted by atomic mass is 9.96. The molecule has 0 bridgehead atoms. The first-order valence-corrected chi connectivity index (χ1v) is 13.6. The molecular weight excluding hydrogens is 517 g/mol. The van der Waals surface area contributed by atoms with Crippen LogP contribution in [0.2, 0.25) is 0 Å². The van der Waals surface area contributed by atoms with Crippen LogP contribution in [0.5, 0.6) is 0 Å². The molecule has 2 unspecified atom stereocenters. The van der Waals surface area contributed by atoms with Crippen molar-refractivity contribution in [3.05, 3.63) is 102 Å². The second-order valence-electron chi connectivity index (χ2n) is 9.57. The summed E-state index contributed by atoms with van der Waals surface area (Å²) < 4.78 is 30.3. The number of amides is 1. The lowest BCUT2D eigenvalue weighted by Crippen LogP contribution is -2.52. The maximum absolute atomic E-state index is 13.6. The van der Waals surface area contributed by atoms with Crippen molar-refractivity contribution in [3.63, 3.8) is 0 Å². The van der Waals surface area contributed by atoms with Crippen LogP contribution in [0.3, 0.4) is 0 Å². The van der Waals surface area contributed by atoms with Crippen LogP contribution in [-0.4, -0.2) is 57.2 Å². The maximum atomic E-state index is 13.6. The molecular formula is C28H26FN7O2S. The van der Waals surface area contributed by atoms with E-state index in [2.05, 4.69) is 15.3 Å². The summed E-state index contributed by atoms with van der Waals surface area (Å²) in [6.45, 7) is 2.80. The minimum atomic E-state index is -1.64. The summed E-state index contributed by atoms with van der Waals surface area (Å²) in [5.41, 5.74) is 4.56. The number of carbonyl (C=O) groups excluding carboxylic acids is 1.